The first-order valence-electron chi connectivity index (χ1n) is 6.78. The van der Waals surface area contributed by atoms with Gasteiger partial charge in [0.25, 0.3) is 0 Å². The average molecular weight is 280 g/mol. The van der Waals surface area contributed by atoms with E-state index in [4.69, 9.17) is 15.2 Å². The number of methoxy groups -OCH3 is 2. The highest BCUT2D eigenvalue weighted by molar-refractivity contribution is 5.92. The summed E-state index contributed by atoms with van der Waals surface area (Å²) in [7, 11) is 3.04. The molecule has 0 aliphatic carbocycles. The standard InChI is InChI=1S/C15H24N2O3/c1-5-11(2)17(8-9-19-3)14-7-6-12(10-13(14)16)15(18)20-4/h6-7,10-11H,5,8-9,16H2,1-4H3. The van der Waals surface area contributed by atoms with Gasteiger partial charge in [-0.2, -0.15) is 0 Å². The summed E-state index contributed by atoms with van der Waals surface area (Å²) in [6.45, 7) is 5.66. The van der Waals surface area contributed by atoms with E-state index in [9.17, 15) is 4.79 Å². The fraction of sp³-hybridized carbons (Fsp3) is 0.533. The lowest BCUT2D eigenvalue weighted by molar-refractivity contribution is 0.0601. The van der Waals surface area contributed by atoms with Crippen molar-refractivity contribution in [2.75, 3.05) is 38.0 Å². The molecule has 0 radical (unpaired) electrons. The van der Waals surface area contributed by atoms with Gasteiger partial charge in [-0.15, -0.1) is 0 Å². The predicted molar refractivity (Wildman–Crippen MR) is 81.2 cm³/mol. The number of hydrogen-bond donors (Lipinski definition) is 1. The number of anilines is 2. The molecule has 0 fully saturated rings. The molecule has 5 heteroatoms. The number of nitrogen functional groups attached to an aromatic ring is 1. The van der Waals surface area contributed by atoms with Crippen LogP contribution in [0.15, 0.2) is 18.2 Å². The first-order valence-corrected chi connectivity index (χ1v) is 6.78. The Morgan fingerprint density at radius 3 is 2.60 bits per heavy atom. The van der Waals surface area contributed by atoms with Crippen molar-refractivity contribution in [3.05, 3.63) is 23.8 Å². The van der Waals surface area contributed by atoms with Gasteiger partial charge < -0.3 is 20.1 Å². The third-order valence-corrected chi connectivity index (χ3v) is 3.42. The minimum atomic E-state index is -0.379. The molecule has 1 atom stereocenters. The van der Waals surface area contributed by atoms with Gasteiger partial charge >= 0.3 is 5.97 Å². The molecular weight excluding hydrogens is 256 g/mol. The lowest BCUT2D eigenvalue weighted by Crippen LogP contribution is -2.36. The van der Waals surface area contributed by atoms with E-state index in [2.05, 4.69) is 18.7 Å². The van der Waals surface area contributed by atoms with Crippen molar-refractivity contribution >= 4 is 17.3 Å². The number of benzene rings is 1. The number of carbonyl (C=O) groups is 1. The third-order valence-electron chi connectivity index (χ3n) is 3.42. The molecule has 1 unspecified atom stereocenters. The van der Waals surface area contributed by atoms with Crippen LogP contribution in [-0.4, -0.2) is 39.4 Å². The molecule has 0 spiro atoms. The lowest BCUT2D eigenvalue weighted by atomic mass is 10.1. The maximum absolute atomic E-state index is 11.5. The van der Waals surface area contributed by atoms with Crippen molar-refractivity contribution in [1.29, 1.82) is 0 Å². The number of nitrogens with zero attached hydrogens (tertiary/aromatic N) is 1. The van der Waals surface area contributed by atoms with Gasteiger partial charge in [-0.3, -0.25) is 0 Å². The van der Waals surface area contributed by atoms with Crippen LogP contribution in [0.25, 0.3) is 0 Å². The molecule has 20 heavy (non-hydrogen) atoms. The van der Waals surface area contributed by atoms with Crippen molar-refractivity contribution < 1.29 is 14.3 Å². The summed E-state index contributed by atoms with van der Waals surface area (Å²) in [4.78, 5) is 13.7. The molecule has 5 nitrogen and oxygen atoms in total. The SMILES string of the molecule is CCC(C)N(CCOC)c1ccc(C(=O)OC)cc1N. The van der Waals surface area contributed by atoms with Crippen molar-refractivity contribution in [1.82, 2.24) is 0 Å². The number of nitrogens with two attached hydrogens (primary N) is 1. The molecule has 0 amide bonds. The summed E-state index contributed by atoms with van der Waals surface area (Å²) >= 11 is 0. The Bertz CT molecular complexity index is 449. The molecule has 1 aromatic rings. The fourth-order valence-corrected chi connectivity index (χ4v) is 2.05. The number of carbonyl (C=O) groups excluding carboxylic acids is 1. The van der Waals surface area contributed by atoms with Crippen LogP contribution in [0, 0.1) is 0 Å². The Balaban J connectivity index is 3.04. The third kappa shape index (κ3) is 3.87. The van der Waals surface area contributed by atoms with Gasteiger partial charge in [-0.1, -0.05) is 6.92 Å². The Morgan fingerprint density at radius 2 is 2.10 bits per heavy atom. The van der Waals surface area contributed by atoms with Crippen LogP contribution in [0.1, 0.15) is 30.6 Å². The normalized spacial score (nSPS) is 12.0. The summed E-state index contributed by atoms with van der Waals surface area (Å²) in [5.74, 6) is -0.379. The number of ether oxygens (including phenoxy) is 2. The Hall–Kier alpha value is -1.75. The minimum Gasteiger partial charge on any atom is -0.465 e. The second-order valence-electron chi connectivity index (χ2n) is 4.71. The quantitative estimate of drug-likeness (QED) is 0.613. The van der Waals surface area contributed by atoms with Crippen molar-refractivity contribution in [3.8, 4) is 0 Å². The maximum Gasteiger partial charge on any atom is 0.337 e. The zero-order chi connectivity index (χ0) is 15.1. The van der Waals surface area contributed by atoms with Gasteiger partial charge in [0.15, 0.2) is 0 Å². The molecule has 1 aromatic carbocycles. The highest BCUT2D eigenvalue weighted by Crippen LogP contribution is 2.27. The van der Waals surface area contributed by atoms with Crippen LogP contribution in [0.5, 0.6) is 0 Å². The van der Waals surface area contributed by atoms with Crippen LogP contribution in [0.4, 0.5) is 11.4 Å². The van der Waals surface area contributed by atoms with Crippen molar-refractivity contribution in [3.63, 3.8) is 0 Å². The van der Waals surface area contributed by atoms with E-state index in [0.717, 1.165) is 18.7 Å². The smallest absolute Gasteiger partial charge is 0.337 e. The second-order valence-corrected chi connectivity index (χ2v) is 4.71. The van der Waals surface area contributed by atoms with Crippen LogP contribution >= 0.6 is 0 Å². The first kappa shape index (κ1) is 16.3. The first-order chi connectivity index (χ1) is 9.54. The highest BCUT2D eigenvalue weighted by atomic mass is 16.5. The van der Waals surface area contributed by atoms with Gasteiger partial charge in [0.05, 0.1) is 30.7 Å². The lowest BCUT2D eigenvalue weighted by Gasteiger charge is -2.31. The molecule has 2 N–H and O–H groups in total. The molecule has 0 saturated heterocycles. The van der Waals surface area contributed by atoms with Crippen LogP contribution in [0.3, 0.4) is 0 Å². The largest absolute Gasteiger partial charge is 0.465 e. The average Bonchev–Trinajstić information content (AvgIpc) is 2.47. The maximum atomic E-state index is 11.5. The zero-order valence-corrected chi connectivity index (χ0v) is 12.7. The summed E-state index contributed by atoms with van der Waals surface area (Å²) in [6.07, 6.45) is 1.00. The fourth-order valence-electron chi connectivity index (χ4n) is 2.05. The molecule has 0 saturated carbocycles. The molecule has 0 aromatic heterocycles. The van der Waals surface area contributed by atoms with Gasteiger partial charge in [0.2, 0.25) is 0 Å². The monoisotopic (exact) mass is 280 g/mol. The van der Waals surface area contributed by atoms with Crippen LogP contribution < -0.4 is 10.6 Å². The number of esters is 1. The minimum absolute atomic E-state index is 0.344. The molecule has 0 bridgehead atoms. The van der Waals surface area contributed by atoms with E-state index in [0.29, 0.717) is 23.9 Å². The van der Waals surface area contributed by atoms with Crippen molar-refractivity contribution in [2.24, 2.45) is 0 Å². The highest BCUT2D eigenvalue weighted by Gasteiger charge is 2.17. The van der Waals surface area contributed by atoms with Gasteiger partial charge in [-0.05, 0) is 31.5 Å². The van der Waals surface area contributed by atoms with Gasteiger partial charge in [-0.25, -0.2) is 4.79 Å². The molecular formula is C15H24N2O3. The summed E-state index contributed by atoms with van der Waals surface area (Å²) in [6, 6.07) is 5.60. The number of hydrogen-bond acceptors (Lipinski definition) is 5. The van der Waals surface area contributed by atoms with Crippen LogP contribution in [0.2, 0.25) is 0 Å². The zero-order valence-electron chi connectivity index (χ0n) is 12.7. The summed E-state index contributed by atoms with van der Waals surface area (Å²) in [5.41, 5.74) is 8.05. The van der Waals surface area contributed by atoms with E-state index < -0.39 is 0 Å². The summed E-state index contributed by atoms with van der Waals surface area (Å²) < 4.78 is 9.85. The molecule has 112 valence electrons. The van der Waals surface area contributed by atoms with Crippen molar-refractivity contribution in [2.45, 2.75) is 26.3 Å². The number of rotatable bonds is 7. The molecule has 1 rings (SSSR count). The molecule has 0 aliphatic heterocycles. The van der Waals surface area contributed by atoms with E-state index in [1.807, 2.05) is 6.07 Å². The van der Waals surface area contributed by atoms with Gasteiger partial charge in [0, 0.05) is 19.7 Å². The molecule has 0 heterocycles. The van der Waals surface area contributed by atoms with E-state index in [-0.39, 0.29) is 5.97 Å². The molecule has 0 aliphatic rings. The topological polar surface area (TPSA) is 64.8 Å². The predicted octanol–water partition coefficient (Wildman–Crippen LogP) is 2.31. The Morgan fingerprint density at radius 1 is 1.40 bits per heavy atom. The van der Waals surface area contributed by atoms with Gasteiger partial charge in [0.1, 0.15) is 0 Å². The Kier molecular flexibility index (Phi) is 6.31. The Labute approximate surface area is 120 Å². The van der Waals surface area contributed by atoms with E-state index >= 15 is 0 Å². The van der Waals surface area contributed by atoms with E-state index in [1.54, 1.807) is 19.2 Å². The van der Waals surface area contributed by atoms with Crippen LogP contribution in [-0.2, 0) is 9.47 Å². The van der Waals surface area contributed by atoms with E-state index in [1.165, 1.54) is 7.11 Å². The summed E-state index contributed by atoms with van der Waals surface area (Å²) in [5, 5.41) is 0. The second kappa shape index (κ2) is 7.75.